The lowest BCUT2D eigenvalue weighted by molar-refractivity contribution is 0.679. The minimum absolute atomic E-state index is 0.477. The van der Waals surface area contributed by atoms with E-state index in [0.717, 1.165) is 29.1 Å². The molecule has 0 saturated carbocycles. The molecular weight excluding hydrogens is 330 g/mol. The summed E-state index contributed by atoms with van der Waals surface area (Å²) in [6.45, 7) is 2.69. The molecule has 2 heterocycles. The zero-order chi connectivity index (χ0) is 14.7. The van der Waals surface area contributed by atoms with E-state index >= 15 is 0 Å². The molecule has 21 heavy (non-hydrogen) atoms. The number of hydrogen-bond donors (Lipinski definition) is 1. The van der Waals surface area contributed by atoms with Crippen LogP contribution >= 0.6 is 15.9 Å². The van der Waals surface area contributed by atoms with E-state index in [0.29, 0.717) is 12.5 Å². The fourth-order valence-electron chi connectivity index (χ4n) is 2.65. The maximum atomic E-state index is 6.03. The van der Waals surface area contributed by atoms with Gasteiger partial charge in [-0.2, -0.15) is 4.98 Å². The second-order valence-corrected chi connectivity index (χ2v) is 6.27. The maximum Gasteiger partial charge on any atom is 0.246 e. The molecule has 1 fully saturated rings. The van der Waals surface area contributed by atoms with Gasteiger partial charge in [0, 0.05) is 17.6 Å². The Morgan fingerprint density at radius 3 is 2.52 bits per heavy atom. The van der Waals surface area contributed by atoms with Gasteiger partial charge in [-0.1, -0.05) is 47.0 Å². The molecule has 1 saturated heterocycles. The first-order chi connectivity index (χ1) is 10.2. The highest BCUT2D eigenvalue weighted by molar-refractivity contribution is 9.10. The first-order valence-electron chi connectivity index (χ1n) is 7.43. The van der Waals surface area contributed by atoms with Gasteiger partial charge < -0.3 is 10.6 Å². The van der Waals surface area contributed by atoms with Gasteiger partial charge in [-0.25, -0.2) is 4.68 Å². The highest BCUT2D eigenvalue weighted by Gasteiger charge is 2.16. The molecule has 1 aliphatic rings. The maximum absolute atomic E-state index is 6.03. The summed E-state index contributed by atoms with van der Waals surface area (Å²) in [5.41, 5.74) is 7.18. The van der Waals surface area contributed by atoms with Crippen molar-refractivity contribution in [2.24, 2.45) is 0 Å². The molecule has 2 N–H and O–H groups in total. The van der Waals surface area contributed by atoms with Gasteiger partial charge in [0.15, 0.2) is 0 Å². The van der Waals surface area contributed by atoms with E-state index in [-0.39, 0.29) is 0 Å². The van der Waals surface area contributed by atoms with E-state index < -0.39 is 0 Å². The lowest BCUT2D eigenvalue weighted by atomic mass is 10.2. The van der Waals surface area contributed by atoms with Crippen LogP contribution in [-0.2, 0) is 6.54 Å². The second-order valence-electron chi connectivity index (χ2n) is 5.42. The molecule has 0 atom stereocenters. The number of nitrogens with two attached hydrogens (primary N) is 1. The van der Waals surface area contributed by atoms with E-state index in [1.165, 1.54) is 25.7 Å². The van der Waals surface area contributed by atoms with Crippen LogP contribution in [0.15, 0.2) is 28.7 Å². The smallest absolute Gasteiger partial charge is 0.246 e. The van der Waals surface area contributed by atoms with Crippen LogP contribution in [-0.4, -0.2) is 27.9 Å². The van der Waals surface area contributed by atoms with Crippen molar-refractivity contribution >= 4 is 27.8 Å². The third-order valence-corrected chi connectivity index (χ3v) is 4.63. The number of aromatic nitrogens is 3. The van der Waals surface area contributed by atoms with E-state index in [1.807, 2.05) is 18.2 Å². The third-order valence-electron chi connectivity index (χ3n) is 3.86. The summed E-state index contributed by atoms with van der Waals surface area (Å²) in [5, 5.41) is 4.60. The molecule has 112 valence electrons. The molecule has 2 aromatic rings. The molecule has 0 spiro atoms. The van der Waals surface area contributed by atoms with Crippen molar-refractivity contribution in [2.75, 3.05) is 23.7 Å². The van der Waals surface area contributed by atoms with E-state index in [2.05, 4.69) is 37.0 Å². The number of halogens is 1. The van der Waals surface area contributed by atoms with Crippen LogP contribution in [0.1, 0.15) is 31.2 Å². The Balaban J connectivity index is 1.79. The van der Waals surface area contributed by atoms with Crippen LogP contribution in [0, 0.1) is 0 Å². The summed E-state index contributed by atoms with van der Waals surface area (Å²) in [5.74, 6) is 1.24. The van der Waals surface area contributed by atoms with Crippen molar-refractivity contribution in [2.45, 2.75) is 32.2 Å². The average Bonchev–Trinajstić information content (AvgIpc) is 2.69. The standard InChI is InChI=1S/C15H20BrN5/c16-13-8-4-3-7-12(13)11-21-14(17)18-15(19-21)20-9-5-1-2-6-10-20/h3-4,7-8H,1-2,5-6,9-11H2,(H2,17,18,19). The molecule has 0 radical (unpaired) electrons. The molecule has 3 rings (SSSR count). The summed E-state index contributed by atoms with van der Waals surface area (Å²) in [7, 11) is 0. The molecular formula is C15H20BrN5. The van der Waals surface area contributed by atoms with Crippen molar-refractivity contribution in [3.63, 3.8) is 0 Å². The monoisotopic (exact) mass is 349 g/mol. The van der Waals surface area contributed by atoms with E-state index in [1.54, 1.807) is 4.68 Å². The predicted octanol–water partition coefficient (Wildman–Crippen LogP) is 3.05. The topological polar surface area (TPSA) is 60.0 Å². The molecule has 1 aromatic heterocycles. The first kappa shape index (κ1) is 14.4. The summed E-state index contributed by atoms with van der Waals surface area (Å²) >= 11 is 3.56. The summed E-state index contributed by atoms with van der Waals surface area (Å²) in [4.78, 5) is 6.69. The molecule has 6 heteroatoms. The Labute approximate surface area is 133 Å². The van der Waals surface area contributed by atoms with Gasteiger partial charge in [-0.3, -0.25) is 0 Å². The lowest BCUT2D eigenvalue weighted by Crippen LogP contribution is -2.25. The van der Waals surface area contributed by atoms with Crippen molar-refractivity contribution < 1.29 is 0 Å². The van der Waals surface area contributed by atoms with Gasteiger partial charge >= 0.3 is 0 Å². The number of rotatable bonds is 3. The minimum Gasteiger partial charge on any atom is -0.368 e. The van der Waals surface area contributed by atoms with Crippen LogP contribution in [0.5, 0.6) is 0 Å². The highest BCUT2D eigenvalue weighted by atomic mass is 79.9. The fourth-order valence-corrected chi connectivity index (χ4v) is 3.06. The van der Waals surface area contributed by atoms with Gasteiger partial charge in [-0.05, 0) is 24.5 Å². The van der Waals surface area contributed by atoms with Crippen LogP contribution in [0.2, 0.25) is 0 Å². The number of nitrogens with zero attached hydrogens (tertiary/aromatic N) is 4. The van der Waals surface area contributed by atoms with Gasteiger partial charge in [0.05, 0.1) is 6.54 Å². The van der Waals surface area contributed by atoms with Crippen molar-refractivity contribution in [1.29, 1.82) is 0 Å². The minimum atomic E-state index is 0.477. The first-order valence-corrected chi connectivity index (χ1v) is 8.22. The zero-order valence-corrected chi connectivity index (χ0v) is 13.6. The van der Waals surface area contributed by atoms with Gasteiger partial charge in [0.2, 0.25) is 11.9 Å². The summed E-state index contributed by atoms with van der Waals surface area (Å²) in [6, 6.07) is 8.11. The van der Waals surface area contributed by atoms with E-state index in [9.17, 15) is 0 Å². The normalized spacial score (nSPS) is 16.0. The SMILES string of the molecule is Nc1nc(N2CCCCCC2)nn1Cc1ccccc1Br. The average molecular weight is 350 g/mol. The largest absolute Gasteiger partial charge is 0.368 e. The number of nitrogen functional groups attached to an aromatic ring is 1. The van der Waals surface area contributed by atoms with Crippen molar-refractivity contribution in [1.82, 2.24) is 14.8 Å². The molecule has 0 unspecified atom stereocenters. The number of hydrogen-bond acceptors (Lipinski definition) is 4. The van der Waals surface area contributed by atoms with Gasteiger partial charge in [-0.15, -0.1) is 5.10 Å². The Kier molecular flexibility index (Phi) is 4.43. The Morgan fingerprint density at radius 2 is 1.81 bits per heavy atom. The van der Waals surface area contributed by atoms with Crippen LogP contribution in [0.25, 0.3) is 0 Å². The van der Waals surface area contributed by atoms with Crippen molar-refractivity contribution in [3.8, 4) is 0 Å². The van der Waals surface area contributed by atoms with Gasteiger partial charge in [0.1, 0.15) is 0 Å². The molecule has 0 amide bonds. The summed E-state index contributed by atoms with van der Waals surface area (Å²) < 4.78 is 2.84. The fraction of sp³-hybridized carbons (Fsp3) is 0.467. The van der Waals surface area contributed by atoms with Crippen LogP contribution in [0.4, 0.5) is 11.9 Å². The Bertz CT molecular complexity index is 602. The van der Waals surface area contributed by atoms with Crippen LogP contribution < -0.4 is 10.6 Å². The predicted molar refractivity (Wildman–Crippen MR) is 88.4 cm³/mol. The molecule has 0 bridgehead atoms. The number of benzene rings is 1. The summed E-state index contributed by atoms with van der Waals surface area (Å²) in [6.07, 6.45) is 5.00. The van der Waals surface area contributed by atoms with Crippen molar-refractivity contribution in [3.05, 3.63) is 34.3 Å². The number of anilines is 2. The van der Waals surface area contributed by atoms with Gasteiger partial charge in [0.25, 0.3) is 0 Å². The molecule has 0 aliphatic carbocycles. The molecule has 5 nitrogen and oxygen atoms in total. The molecule has 1 aliphatic heterocycles. The third kappa shape index (κ3) is 3.37. The van der Waals surface area contributed by atoms with E-state index in [4.69, 9.17) is 5.73 Å². The quantitative estimate of drug-likeness (QED) is 0.924. The molecule has 1 aromatic carbocycles. The lowest BCUT2D eigenvalue weighted by Gasteiger charge is -2.17. The zero-order valence-electron chi connectivity index (χ0n) is 12.0. The Morgan fingerprint density at radius 1 is 1.10 bits per heavy atom. The Hall–Kier alpha value is -1.56. The second kappa shape index (κ2) is 6.47. The highest BCUT2D eigenvalue weighted by Crippen LogP contribution is 2.20. The van der Waals surface area contributed by atoms with Crippen LogP contribution in [0.3, 0.4) is 0 Å².